The summed E-state index contributed by atoms with van der Waals surface area (Å²) in [7, 11) is 1.59. The maximum Gasteiger partial charge on any atom is 0.0790 e. The average Bonchev–Trinajstić information content (AvgIpc) is 2.39. The van der Waals surface area contributed by atoms with Crippen molar-refractivity contribution >= 4 is 32.5 Å². The van der Waals surface area contributed by atoms with Crippen LogP contribution in [0.1, 0.15) is 6.42 Å². The third-order valence-electron chi connectivity index (χ3n) is 2.86. The van der Waals surface area contributed by atoms with Crippen molar-refractivity contribution in [2.24, 2.45) is 0 Å². The molecule has 0 saturated heterocycles. The van der Waals surface area contributed by atoms with Gasteiger partial charge in [0.25, 0.3) is 0 Å². The first-order valence-corrected chi connectivity index (χ1v) is 6.95. The van der Waals surface area contributed by atoms with Gasteiger partial charge in [-0.2, -0.15) is 0 Å². The Labute approximate surface area is 120 Å². The Kier molecular flexibility index (Phi) is 5.13. The first kappa shape index (κ1) is 14.2. The van der Waals surface area contributed by atoms with Crippen molar-refractivity contribution < 1.29 is 9.84 Å². The Balaban J connectivity index is 2.06. The largest absolute Gasteiger partial charge is 0.391 e. The van der Waals surface area contributed by atoms with E-state index in [0.717, 1.165) is 21.1 Å². The highest BCUT2D eigenvalue weighted by molar-refractivity contribution is 9.10. The molecule has 2 rings (SSSR count). The second kappa shape index (κ2) is 6.84. The molecule has 1 heterocycles. The van der Waals surface area contributed by atoms with Gasteiger partial charge in [-0.15, -0.1) is 0 Å². The summed E-state index contributed by atoms with van der Waals surface area (Å²) >= 11 is 3.47. The van der Waals surface area contributed by atoms with E-state index in [1.165, 1.54) is 0 Å². The minimum atomic E-state index is -0.433. The van der Waals surface area contributed by atoms with Crippen molar-refractivity contribution in [1.29, 1.82) is 0 Å². The second-order valence-corrected chi connectivity index (χ2v) is 5.26. The van der Waals surface area contributed by atoms with E-state index in [1.54, 1.807) is 13.3 Å². The molecule has 19 heavy (non-hydrogen) atoms. The van der Waals surface area contributed by atoms with Crippen molar-refractivity contribution in [3.63, 3.8) is 0 Å². The van der Waals surface area contributed by atoms with E-state index in [4.69, 9.17) is 4.74 Å². The molecule has 1 aromatic carbocycles. The van der Waals surface area contributed by atoms with Crippen molar-refractivity contribution in [1.82, 2.24) is 4.98 Å². The summed E-state index contributed by atoms with van der Waals surface area (Å²) in [5, 5.41) is 14.0. The van der Waals surface area contributed by atoms with Crippen LogP contribution < -0.4 is 5.32 Å². The zero-order chi connectivity index (χ0) is 13.7. The monoisotopic (exact) mass is 324 g/mol. The van der Waals surface area contributed by atoms with E-state index in [9.17, 15) is 5.11 Å². The van der Waals surface area contributed by atoms with Crippen LogP contribution >= 0.6 is 15.9 Å². The van der Waals surface area contributed by atoms with Gasteiger partial charge in [-0.3, -0.25) is 4.98 Å². The highest BCUT2D eigenvalue weighted by Crippen LogP contribution is 2.24. The normalized spacial score (nSPS) is 12.6. The molecule has 0 bridgehead atoms. The number of anilines is 1. The molecule has 0 radical (unpaired) electrons. The average molecular weight is 325 g/mol. The van der Waals surface area contributed by atoms with Crippen LogP contribution in [-0.4, -0.2) is 36.5 Å². The zero-order valence-electron chi connectivity index (χ0n) is 10.8. The fourth-order valence-corrected chi connectivity index (χ4v) is 2.28. The SMILES string of the molecule is COCC(O)CCNc1ccnc2ccc(Br)cc12. The molecule has 0 fully saturated rings. The molecule has 0 amide bonds. The van der Waals surface area contributed by atoms with E-state index < -0.39 is 6.10 Å². The number of aromatic nitrogens is 1. The first-order valence-electron chi connectivity index (χ1n) is 6.16. The molecule has 0 saturated carbocycles. The molecule has 4 nitrogen and oxygen atoms in total. The lowest BCUT2D eigenvalue weighted by molar-refractivity contribution is 0.0615. The van der Waals surface area contributed by atoms with E-state index in [0.29, 0.717) is 19.6 Å². The van der Waals surface area contributed by atoms with Crippen LogP contribution in [0.3, 0.4) is 0 Å². The Hall–Kier alpha value is -1.17. The molecule has 0 aliphatic heterocycles. The van der Waals surface area contributed by atoms with Gasteiger partial charge in [0.2, 0.25) is 0 Å². The number of benzene rings is 1. The number of hydrogen-bond donors (Lipinski definition) is 2. The summed E-state index contributed by atoms with van der Waals surface area (Å²) in [6.07, 6.45) is 1.99. The predicted molar refractivity (Wildman–Crippen MR) is 80.4 cm³/mol. The molecule has 0 spiro atoms. The number of pyridine rings is 1. The molecule has 2 aromatic rings. The maximum absolute atomic E-state index is 9.60. The number of aliphatic hydroxyl groups is 1. The van der Waals surface area contributed by atoms with Crippen molar-refractivity contribution in [2.75, 3.05) is 25.6 Å². The number of rotatable bonds is 6. The first-order chi connectivity index (χ1) is 9.20. The van der Waals surface area contributed by atoms with Gasteiger partial charge in [0, 0.05) is 35.4 Å². The van der Waals surface area contributed by atoms with Crippen molar-refractivity contribution in [2.45, 2.75) is 12.5 Å². The lowest BCUT2D eigenvalue weighted by atomic mass is 10.2. The summed E-state index contributed by atoms with van der Waals surface area (Å²) in [5.74, 6) is 0. The Morgan fingerprint density at radius 1 is 1.42 bits per heavy atom. The molecular formula is C14H17BrN2O2. The Morgan fingerprint density at radius 2 is 2.26 bits per heavy atom. The minimum absolute atomic E-state index is 0.365. The highest BCUT2D eigenvalue weighted by Gasteiger charge is 2.05. The molecule has 102 valence electrons. The van der Waals surface area contributed by atoms with Gasteiger partial charge in [0.15, 0.2) is 0 Å². The summed E-state index contributed by atoms with van der Waals surface area (Å²) in [5.41, 5.74) is 1.97. The number of aliphatic hydroxyl groups excluding tert-OH is 1. The summed E-state index contributed by atoms with van der Waals surface area (Å²) in [6, 6.07) is 7.93. The van der Waals surface area contributed by atoms with E-state index in [2.05, 4.69) is 26.2 Å². The standard InChI is InChI=1S/C14H17BrN2O2/c1-19-9-11(18)4-6-16-14-5-7-17-13-3-2-10(15)8-12(13)14/h2-3,5,7-8,11,18H,4,6,9H2,1H3,(H,16,17). The van der Waals surface area contributed by atoms with Crippen LogP contribution in [0.4, 0.5) is 5.69 Å². The number of nitrogens with zero attached hydrogens (tertiary/aromatic N) is 1. The van der Waals surface area contributed by atoms with E-state index in [-0.39, 0.29) is 0 Å². The Bertz CT molecular complexity index is 548. The van der Waals surface area contributed by atoms with Gasteiger partial charge in [0.05, 0.1) is 18.2 Å². The lowest BCUT2D eigenvalue weighted by Gasteiger charge is -2.12. The van der Waals surface area contributed by atoms with Crippen LogP contribution in [0, 0.1) is 0 Å². The number of fused-ring (bicyclic) bond motifs is 1. The summed E-state index contributed by atoms with van der Waals surface area (Å²) in [6.45, 7) is 1.06. The third-order valence-corrected chi connectivity index (χ3v) is 3.35. The van der Waals surface area contributed by atoms with Gasteiger partial charge < -0.3 is 15.2 Å². The third kappa shape index (κ3) is 3.89. The maximum atomic E-state index is 9.60. The van der Waals surface area contributed by atoms with Crippen LogP contribution in [0.15, 0.2) is 34.9 Å². The molecule has 1 atom stereocenters. The Morgan fingerprint density at radius 3 is 3.05 bits per heavy atom. The van der Waals surface area contributed by atoms with Gasteiger partial charge in [0.1, 0.15) is 0 Å². The molecular weight excluding hydrogens is 308 g/mol. The number of hydrogen-bond acceptors (Lipinski definition) is 4. The fourth-order valence-electron chi connectivity index (χ4n) is 1.92. The quantitative estimate of drug-likeness (QED) is 0.857. The minimum Gasteiger partial charge on any atom is -0.391 e. The number of nitrogens with one attached hydrogen (secondary N) is 1. The van der Waals surface area contributed by atoms with E-state index >= 15 is 0 Å². The van der Waals surface area contributed by atoms with Gasteiger partial charge in [-0.25, -0.2) is 0 Å². The van der Waals surface area contributed by atoms with Crippen LogP contribution in [0.25, 0.3) is 10.9 Å². The predicted octanol–water partition coefficient (Wildman–Crippen LogP) is 2.81. The number of methoxy groups -OCH3 is 1. The van der Waals surface area contributed by atoms with Crippen LogP contribution in [0.2, 0.25) is 0 Å². The molecule has 0 aliphatic rings. The summed E-state index contributed by atoms with van der Waals surface area (Å²) < 4.78 is 5.92. The van der Waals surface area contributed by atoms with Crippen molar-refractivity contribution in [3.8, 4) is 0 Å². The lowest BCUT2D eigenvalue weighted by Crippen LogP contribution is -2.18. The number of ether oxygens (including phenoxy) is 1. The molecule has 5 heteroatoms. The zero-order valence-corrected chi connectivity index (χ0v) is 12.4. The van der Waals surface area contributed by atoms with Crippen LogP contribution in [-0.2, 0) is 4.74 Å². The molecule has 1 aromatic heterocycles. The topological polar surface area (TPSA) is 54.4 Å². The van der Waals surface area contributed by atoms with Gasteiger partial charge in [-0.1, -0.05) is 15.9 Å². The summed E-state index contributed by atoms with van der Waals surface area (Å²) in [4.78, 5) is 4.33. The highest BCUT2D eigenvalue weighted by atomic mass is 79.9. The fraction of sp³-hybridized carbons (Fsp3) is 0.357. The second-order valence-electron chi connectivity index (χ2n) is 4.34. The van der Waals surface area contributed by atoms with Crippen LogP contribution in [0.5, 0.6) is 0 Å². The molecule has 1 unspecified atom stereocenters. The smallest absolute Gasteiger partial charge is 0.0790 e. The molecule has 0 aliphatic carbocycles. The van der Waals surface area contributed by atoms with Gasteiger partial charge in [-0.05, 0) is 30.7 Å². The molecule has 2 N–H and O–H groups in total. The van der Waals surface area contributed by atoms with E-state index in [1.807, 2.05) is 24.3 Å². The van der Waals surface area contributed by atoms with Gasteiger partial charge >= 0.3 is 0 Å². The number of halogens is 1. The van der Waals surface area contributed by atoms with Crippen molar-refractivity contribution in [3.05, 3.63) is 34.9 Å².